The van der Waals surface area contributed by atoms with Crippen molar-refractivity contribution in [3.8, 4) is 0 Å². The molecule has 0 aliphatic carbocycles. The van der Waals surface area contributed by atoms with Crippen molar-refractivity contribution in [1.82, 2.24) is 19.8 Å². The molecule has 1 saturated heterocycles. The van der Waals surface area contributed by atoms with Gasteiger partial charge in [0.25, 0.3) is 0 Å². The van der Waals surface area contributed by atoms with Crippen LogP contribution in [-0.4, -0.2) is 82.1 Å². The van der Waals surface area contributed by atoms with Crippen molar-refractivity contribution >= 4 is 21.9 Å². The van der Waals surface area contributed by atoms with Crippen molar-refractivity contribution in [3.05, 3.63) is 0 Å². The van der Waals surface area contributed by atoms with E-state index in [4.69, 9.17) is 0 Å². The van der Waals surface area contributed by atoms with Gasteiger partial charge in [0.2, 0.25) is 15.9 Å². The van der Waals surface area contributed by atoms with E-state index in [0.29, 0.717) is 19.0 Å². The van der Waals surface area contributed by atoms with Crippen LogP contribution in [0.15, 0.2) is 4.99 Å². The van der Waals surface area contributed by atoms with Crippen molar-refractivity contribution in [2.75, 3.05) is 46.5 Å². The second-order valence-electron chi connectivity index (χ2n) is 4.53. The quantitative estimate of drug-likeness (QED) is 0.477. The lowest BCUT2D eigenvalue weighted by molar-refractivity contribution is -0.125. The molecule has 1 aliphatic heterocycles. The number of amides is 1. The maximum Gasteiger partial charge on any atom is 0.240 e. The van der Waals surface area contributed by atoms with Crippen molar-refractivity contribution in [3.63, 3.8) is 0 Å². The number of guanidine groups is 1. The highest BCUT2D eigenvalue weighted by atomic mass is 32.2. The van der Waals surface area contributed by atoms with Crippen molar-refractivity contribution in [1.29, 1.82) is 0 Å². The van der Waals surface area contributed by atoms with E-state index < -0.39 is 16.1 Å². The minimum Gasteiger partial charge on any atom is -0.359 e. The summed E-state index contributed by atoms with van der Waals surface area (Å²) in [4.78, 5) is 18.1. The van der Waals surface area contributed by atoms with Gasteiger partial charge in [0, 0.05) is 40.3 Å². The maximum atomic E-state index is 12.1. The Hall–Kier alpha value is -1.35. The summed E-state index contributed by atoms with van der Waals surface area (Å²) in [7, 11) is -0.0242. The molecule has 0 aromatic rings. The third kappa shape index (κ3) is 3.83. The Kier molecular flexibility index (Phi) is 5.75. The highest BCUT2D eigenvalue weighted by molar-refractivity contribution is 7.88. The molecule has 1 amide bonds. The Morgan fingerprint density at radius 3 is 2.50 bits per heavy atom. The Bertz CT molecular complexity index is 476. The monoisotopic (exact) mass is 305 g/mol. The number of carbonyl (C=O) groups is 1. The van der Waals surface area contributed by atoms with Gasteiger partial charge in [0.1, 0.15) is 6.04 Å². The van der Waals surface area contributed by atoms with Crippen LogP contribution in [0.2, 0.25) is 0 Å². The third-order valence-corrected chi connectivity index (χ3v) is 4.43. The van der Waals surface area contributed by atoms with Gasteiger partial charge in [-0.1, -0.05) is 0 Å². The van der Waals surface area contributed by atoms with E-state index in [-0.39, 0.29) is 19.0 Å². The van der Waals surface area contributed by atoms with Gasteiger partial charge in [-0.05, 0) is 6.92 Å². The van der Waals surface area contributed by atoms with Gasteiger partial charge in [-0.15, -0.1) is 0 Å². The molecule has 1 heterocycles. The average Bonchev–Trinajstić information content (AvgIpc) is 2.39. The Morgan fingerprint density at radius 2 is 2.05 bits per heavy atom. The number of aliphatic imine (C=N–C) groups is 1. The Morgan fingerprint density at radius 1 is 1.40 bits per heavy atom. The molecule has 1 aliphatic rings. The normalized spacial score (nSPS) is 21.7. The number of piperazine rings is 1. The molecule has 0 radical (unpaired) electrons. The summed E-state index contributed by atoms with van der Waals surface area (Å²) in [5.74, 6) is 0.363. The van der Waals surface area contributed by atoms with E-state index in [1.807, 2.05) is 4.90 Å². The zero-order valence-electron chi connectivity index (χ0n) is 12.4. The van der Waals surface area contributed by atoms with Crippen molar-refractivity contribution in [2.24, 2.45) is 4.99 Å². The van der Waals surface area contributed by atoms with E-state index in [0.717, 1.165) is 6.26 Å². The lowest BCUT2D eigenvalue weighted by atomic mass is 10.2. The molecule has 0 aromatic carbocycles. The molecule has 0 spiro atoms. The van der Waals surface area contributed by atoms with E-state index in [1.165, 1.54) is 4.31 Å². The first-order valence-corrected chi connectivity index (χ1v) is 8.34. The summed E-state index contributed by atoms with van der Waals surface area (Å²) in [6.07, 6.45) is 1.13. The van der Waals surface area contributed by atoms with Crippen LogP contribution in [0.1, 0.15) is 6.92 Å². The number of hydrogen-bond donors (Lipinski definition) is 2. The molecule has 1 rings (SSSR count). The van der Waals surface area contributed by atoms with Gasteiger partial charge in [-0.25, -0.2) is 8.42 Å². The van der Waals surface area contributed by atoms with E-state index in [1.54, 1.807) is 21.0 Å². The molecule has 1 fully saturated rings. The number of likely N-dealkylation sites (N-methyl/N-ethyl adjacent to an activating group) is 1. The minimum atomic E-state index is -3.42. The highest BCUT2D eigenvalue weighted by Gasteiger charge is 2.37. The topological polar surface area (TPSA) is 94.1 Å². The predicted molar refractivity (Wildman–Crippen MR) is 78.0 cm³/mol. The molecule has 0 aromatic heterocycles. The van der Waals surface area contributed by atoms with E-state index in [9.17, 15) is 13.2 Å². The van der Waals surface area contributed by atoms with Crippen LogP contribution in [0.3, 0.4) is 0 Å². The molecule has 0 bridgehead atoms. The Balaban J connectivity index is 2.97. The SMILES string of the molecule is CCNC(=O)C1CN(C(=NC)NC)CCN1S(C)(=O)=O. The first kappa shape index (κ1) is 16.7. The highest BCUT2D eigenvalue weighted by Crippen LogP contribution is 2.14. The summed E-state index contributed by atoms with van der Waals surface area (Å²) in [6.45, 7) is 3.31. The van der Waals surface area contributed by atoms with Crippen LogP contribution >= 0.6 is 0 Å². The van der Waals surface area contributed by atoms with Crippen LogP contribution in [0, 0.1) is 0 Å². The fourth-order valence-corrected chi connectivity index (χ4v) is 3.31. The molecule has 0 saturated carbocycles. The van der Waals surface area contributed by atoms with Crippen LogP contribution in [0.25, 0.3) is 0 Å². The molecule has 1 atom stereocenters. The van der Waals surface area contributed by atoms with Crippen LogP contribution in [0.5, 0.6) is 0 Å². The maximum absolute atomic E-state index is 12.1. The number of carbonyl (C=O) groups excluding carboxylic acids is 1. The van der Waals surface area contributed by atoms with Crippen molar-refractivity contribution in [2.45, 2.75) is 13.0 Å². The third-order valence-electron chi connectivity index (χ3n) is 3.15. The summed E-state index contributed by atoms with van der Waals surface area (Å²) >= 11 is 0. The van der Waals surface area contributed by atoms with Gasteiger partial charge in [-0.2, -0.15) is 4.31 Å². The first-order chi connectivity index (χ1) is 9.35. The van der Waals surface area contributed by atoms with Gasteiger partial charge in [-0.3, -0.25) is 9.79 Å². The molecule has 116 valence electrons. The Labute approximate surface area is 120 Å². The van der Waals surface area contributed by atoms with Gasteiger partial charge in [0.05, 0.1) is 6.26 Å². The minimum absolute atomic E-state index is 0.265. The fraction of sp³-hybridized carbons (Fsp3) is 0.818. The zero-order chi connectivity index (χ0) is 15.3. The standard InChI is InChI=1S/C11H23N5O3S/c1-5-14-10(17)9-8-15(11(12-2)13-3)6-7-16(9)20(4,18)19/h9H,5-8H2,1-4H3,(H,12,13)(H,14,17). The summed E-state index contributed by atoms with van der Waals surface area (Å²) < 4.78 is 24.9. The molecule has 2 N–H and O–H groups in total. The largest absolute Gasteiger partial charge is 0.359 e. The predicted octanol–water partition coefficient (Wildman–Crippen LogP) is -1.73. The molecular formula is C11H23N5O3S. The van der Waals surface area contributed by atoms with Crippen molar-refractivity contribution < 1.29 is 13.2 Å². The lowest BCUT2D eigenvalue weighted by Gasteiger charge is -2.40. The summed E-state index contributed by atoms with van der Waals surface area (Å²) in [6, 6.07) is -0.733. The fourth-order valence-electron chi connectivity index (χ4n) is 2.27. The molecule has 1 unspecified atom stereocenters. The number of nitrogens with one attached hydrogen (secondary N) is 2. The molecule has 20 heavy (non-hydrogen) atoms. The summed E-state index contributed by atoms with van der Waals surface area (Å²) in [5, 5.41) is 5.62. The van der Waals surface area contributed by atoms with Gasteiger partial charge in [0.15, 0.2) is 5.96 Å². The van der Waals surface area contributed by atoms with Crippen LogP contribution < -0.4 is 10.6 Å². The molecule has 8 nitrogen and oxygen atoms in total. The van der Waals surface area contributed by atoms with Crippen LogP contribution in [-0.2, 0) is 14.8 Å². The number of sulfonamides is 1. The molecule has 9 heteroatoms. The second kappa shape index (κ2) is 6.89. The van der Waals surface area contributed by atoms with E-state index >= 15 is 0 Å². The van der Waals surface area contributed by atoms with Gasteiger partial charge < -0.3 is 15.5 Å². The number of nitrogens with zero attached hydrogens (tertiary/aromatic N) is 3. The first-order valence-electron chi connectivity index (χ1n) is 6.49. The average molecular weight is 305 g/mol. The number of hydrogen-bond acceptors (Lipinski definition) is 4. The smallest absolute Gasteiger partial charge is 0.240 e. The lowest BCUT2D eigenvalue weighted by Crippen LogP contribution is -2.62. The van der Waals surface area contributed by atoms with Crippen LogP contribution in [0.4, 0.5) is 0 Å². The summed E-state index contributed by atoms with van der Waals surface area (Å²) in [5.41, 5.74) is 0. The second-order valence-corrected chi connectivity index (χ2v) is 6.46. The zero-order valence-corrected chi connectivity index (χ0v) is 13.2. The number of rotatable bonds is 3. The van der Waals surface area contributed by atoms with E-state index in [2.05, 4.69) is 15.6 Å². The molecular weight excluding hydrogens is 282 g/mol. The van der Waals surface area contributed by atoms with Gasteiger partial charge >= 0.3 is 0 Å².